The number of sulfone groups is 1. The van der Waals surface area contributed by atoms with Crippen molar-refractivity contribution in [3.8, 4) is 16.9 Å². The van der Waals surface area contributed by atoms with Gasteiger partial charge in [-0.3, -0.25) is 9.59 Å². The first-order valence-electron chi connectivity index (χ1n) is 10.5. The highest BCUT2D eigenvalue weighted by Gasteiger charge is 2.37. The van der Waals surface area contributed by atoms with Crippen LogP contribution in [0.15, 0.2) is 53.4 Å². The molecular weight excluding hydrogens is 444 g/mol. The Balaban J connectivity index is 1.75. The fourth-order valence-electron chi connectivity index (χ4n) is 4.24. The molecule has 0 radical (unpaired) electrons. The van der Waals surface area contributed by atoms with Crippen LogP contribution in [0.25, 0.3) is 16.9 Å². The van der Waals surface area contributed by atoms with E-state index in [0.717, 1.165) is 0 Å². The van der Waals surface area contributed by atoms with Crippen molar-refractivity contribution in [3.63, 3.8) is 0 Å². The average molecular weight is 467 g/mol. The van der Waals surface area contributed by atoms with E-state index in [9.17, 15) is 18.0 Å². The number of amides is 2. The van der Waals surface area contributed by atoms with Crippen molar-refractivity contribution < 1.29 is 22.7 Å². The number of nitrogens with one attached hydrogen (secondary N) is 1. The number of para-hydroxylation sites is 1. The number of ether oxygens (including phenoxy) is 1. The van der Waals surface area contributed by atoms with E-state index in [1.165, 1.54) is 13.0 Å². The van der Waals surface area contributed by atoms with Gasteiger partial charge in [0.25, 0.3) is 5.91 Å². The topological polar surface area (TPSA) is 111 Å². The normalized spacial score (nSPS) is 16.6. The van der Waals surface area contributed by atoms with E-state index in [1.54, 1.807) is 21.7 Å². The Kier molecular flexibility index (Phi) is 5.26. The summed E-state index contributed by atoms with van der Waals surface area (Å²) in [5.74, 6) is -0.915. The van der Waals surface area contributed by atoms with Gasteiger partial charge in [-0.25, -0.2) is 13.1 Å². The van der Waals surface area contributed by atoms with E-state index < -0.39 is 9.84 Å². The molecular formula is C23H22N4O5S. The zero-order chi connectivity index (χ0) is 23.2. The predicted molar refractivity (Wildman–Crippen MR) is 121 cm³/mol. The number of carbonyl (C=O) groups excluding carboxylic acids is 2. The van der Waals surface area contributed by atoms with Crippen LogP contribution in [0.2, 0.25) is 0 Å². The molecule has 3 aromatic rings. The van der Waals surface area contributed by atoms with E-state index >= 15 is 0 Å². The lowest BCUT2D eigenvalue weighted by atomic mass is 10.0. The summed E-state index contributed by atoms with van der Waals surface area (Å²) in [7, 11) is -3.72. The van der Waals surface area contributed by atoms with Gasteiger partial charge in [0.05, 0.1) is 35.2 Å². The Morgan fingerprint density at radius 2 is 1.79 bits per heavy atom. The SMILES string of the molecule is CC(=O)Nc1ccc2c(c1)-c1c(c(C(=O)N3CCOCC3)nn1-c1ccccc1)CS2(=O)=O. The third-order valence-corrected chi connectivity index (χ3v) is 7.40. The molecule has 0 spiro atoms. The smallest absolute Gasteiger partial charge is 0.274 e. The Morgan fingerprint density at radius 1 is 1.06 bits per heavy atom. The van der Waals surface area contributed by atoms with Gasteiger partial charge in [-0.1, -0.05) is 18.2 Å². The fraction of sp³-hybridized carbons (Fsp3) is 0.261. The lowest BCUT2D eigenvalue weighted by molar-refractivity contribution is -0.114. The van der Waals surface area contributed by atoms with E-state index in [-0.39, 0.29) is 28.2 Å². The molecule has 2 aliphatic heterocycles. The molecule has 0 unspecified atom stereocenters. The molecule has 5 rings (SSSR count). The lowest BCUT2D eigenvalue weighted by Gasteiger charge is -2.26. The van der Waals surface area contributed by atoms with E-state index in [2.05, 4.69) is 10.4 Å². The summed E-state index contributed by atoms with van der Waals surface area (Å²) in [4.78, 5) is 26.8. The zero-order valence-corrected chi connectivity index (χ0v) is 18.8. The van der Waals surface area contributed by atoms with Crippen LogP contribution in [0.1, 0.15) is 23.0 Å². The molecule has 0 bridgehead atoms. The summed E-state index contributed by atoms with van der Waals surface area (Å²) in [5, 5.41) is 7.33. The monoisotopic (exact) mass is 466 g/mol. The van der Waals surface area contributed by atoms with Gasteiger partial charge in [-0.05, 0) is 30.3 Å². The minimum Gasteiger partial charge on any atom is -0.378 e. The highest BCUT2D eigenvalue weighted by Crippen LogP contribution is 2.42. The Labute approximate surface area is 190 Å². The molecule has 0 atom stereocenters. The summed E-state index contributed by atoms with van der Waals surface area (Å²) < 4.78 is 33.4. The molecule has 1 saturated heterocycles. The first-order valence-corrected chi connectivity index (χ1v) is 12.2. The summed E-state index contributed by atoms with van der Waals surface area (Å²) in [6.07, 6.45) is 0. The largest absolute Gasteiger partial charge is 0.378 e. The van der Waals surface area contributed by atoms with Crippen molar-refractivity contribution in [1.29, 1.82) is 0 Å². The number of morpholine rings is 1. The van der Waals surface area contributed by atoms with Crippen molar-refractivity contribution in [3.05, 3.63) is 59.8 Å². The third kappa shape index (κ3) is 3.81. The number of carbonyl (C=O) groups is 2. The highest BCUT2D eigenvalue weighted by molar-refractivity contribution is 7.90. The maximum absolute atomic E-state index is 13.4. The summed E-state index contributed by atoms with van der Waals surface area (Å²) in [6.45, 7) is 3.07. The lowest BCUT2D eigenvalue weighted by Crippen LogP contribution is -2.41. The van der Waals surface area contributed by atoms with Crippen molar-refractivity contribution in [2.24, 2.45) is 0 Å². The molecule has 0 saturated carbocycles. The van der Waals surface area contributed by atoms with Crippen LogP contribution in [0, 0.1) is 0 Å². The van der Waals surface area contributed by atoms with Gasteiger partial charge >= 0.3 is 0 Å². The standard InChI is InChI=1S/C23H22N4O5S/c1-15(28)24-16-7-8-20-18(13-16)22-19(14-33(20,30)31)21(23(29)26-9-11-32-12-10-26)25-27(22)17-5-3-2-4-6-17/h2-8,13H,9-12,14H2,1H3,(H,24,28). The molecule has 1 aromatic heterocycles. The number of anilines is 1. The quantitative estimate of drug-likeness (QED) is 0.634. The van der Waals surface area contributed by atoms with Crippen LogP contribution in [-0.4, -0.2) is 61.2 Å². The van der Waals surface area contributed by atoms with Gasteiger partial charge in [0, 0.05) is 36.8 Å². The van der Waals surface area contributed by atoms with Crippen LogP contribution >= 0.6 is 0 Å². The van der Waals surface area contributed by atoms with Crippen molar-refractivity contribution in [2.75, 3.05) is 31.6 Å². The molecule has 10 heteroatoms. The molecule has 2 aromatic carbocycles. The number of fused-ring (bicyclic) bond motifs is 3. The molecule has 2 aliphatic rings. The summed E-state index contributed by atoms with van der Waals surface area (Å²) >= 11 is 0. The van der Waals surface area contributed by atoms with Gasteiger partial charge in [0.1, 0.15) is 0 Å². The van der Waals surface area contributed by atoms with E-state index in [4.69, 9.17) is 4.74 Å². The predicted octanol–water partition coefficient (Wildman–Crippen LogP) is 2.26. The van der Waals surface area contributed by atoms with Crippen LogP contribution in [-0.2, 0) is 25.1 Å². The molecule has 1 fully saturated rings. The van der Waals surface area contributed by atoms with Crippen LogP contribution in [0.4, 0.5) is 5.69 Å². The Morgan fingerprint density at radius 3 is 2.48 bits per heavy atom. The number of rotatable bonds is 3. The van der Waals surface area contributed by atoms with Gasteiger partial charge in [0.15, 0.2) is 15.5 Å². The zero-order valence-electron chi connectivity index (χ0n) is 17.9. The summed E-state index contributed by atoms with van der Waals surface area (Å²) in [6, 6.07) is 13.9. The second-order valence-electron chi connectivity index (χ2n) is 7.98. The third-order valence-electron chi connectivity index (χ3n) is 5.71. The van der Waals surface area contributed by atoms with Gasteiger partial charge in [-0.15, -0.1) is 0 Å². The molecule has 0 aliphatic carbocycles. The molecule has 1 N–H and O–H groups in total. The van der Waals surface area contributed by atoms with E-state index in [0.29, 0.717) is 54.5 Å². The first-order chi connectivity index (χ1) is 15.8. The average Bonchev–Trinajstić information content (AvgIpc) is 3.18. The number of hydrogen-bond acceptors (Lipinski definition) is 6. The van der Waals surface area contributed by atoms with Crippen molar-refractivity contribution in [1.82, 2.24) is 14.7 Å². The summed E-state index contributed by atoms with van der Waals surface area (Å²) in [5.41, 5.74) is 2.59. The van der Waals surface area contributed by atoms with Crippen LogP contribution in [0.5, 0.6) is 0 Å². The second-order valence-corrected chi connectivity index (χ2v) is 9.94. The number of hydrogen-bond donors (Lipinski definition) is 1. The minimum atomic E-state index is -3.72. The van der Waals surface area contributed by atoms with Crippen molar-refractivity contribution in [2.45, 2.75) is 17.6 Å². The Bertz CT molecular complexity index is 1360. The number of nitrogens with zero attached hydrogens (tertiary/aromatic N) is 3. The Hall–Kier alpha value is -3.50. The van der Waals surface area contributed by atoms with Gasteiger partial charge in [-0.2, -0.15) is 5.10 Å². The molecule has 170 valence electrons. The van der Waals surface area contributed by atoms with Crippen LogP contribution < -0.4 is 5.32 Å². The van der Waals surface area contributed by atoms with Crippen molar-refractivity contribution >= 4 is 27.3 Å². The maximum Gasteiger partial charge on any atom is 0.274 e. The number of benzene rings is 2. The highest BCUT2D eigenvalue weighted by atomic mass is 32.2. The van der Waals surface area contributed by atoms with Gasteiger partial charge in [0.2, 0.25) is 5.91 Å². The van der Waals surface area contributed by atoms with E-state index in [1.807, 2.05) is 30.3 Å². The minimum absolute atomic E-state index is 0.120. The van der Waals surface area contributed by atoms with Crippen LogP contribution in [0.3, 0.4) is 0 Å². The molecule has 33 heavy (non-hydrogen) atoms. The second kappa shape index (κ2) is 8.13. The maximum atomic E-state index is 13.4. The molecule has 2 amide bonds. The number of aromatic nitrogens is 2. The molecule has 3 heterocycles. The fourth-order valence-corrected chi connectivity index (χ4v) is 5.82. The molecule has 9 nitrogen and oxygen atoms in total. The first kappa shape index (κ1) is 21.4. The van der Waals surface area contributed by atoms with Gasteiger partial charge < -0.3 is 15.0 Å².